The molecule has 0 saturated carbocycles. The van der Waals surface area contributed by atoms with Crippen LogP contribution < -0.4 is 0 Å². The van der Waals surface area contributed by atoms with Crippen molar-refractivity contribution in [1.82, 2.24) is 0 Å². The molecule has 2 aromatic carbocycles. The van der Waals surface area contributed by atoms with Crippen molar-refractivity contribution in [2.75, 3.05) is 0 Å². The molecule has 0 aliphatic heterocycles. The number of rotatable bonds is 4. The molecule has 5 heteroatoms. The van der Waals surface area contributed by atoms with Crippen LogP contribution in [0.3, 0.4) is 0 Å². The molecule has 0 saturated heterocycles. The minimum absolute atomic E-state index is 0. The van der Waals surface area contributed by atoms with Gasteiger partial charge in [-0.1, -0.05) is 60.7 Å². The van der Waals surface area contributed by atoms with Crippen molar-refractivity contribution < 1.29 is 41.5 Å². The van der Waals surface area contributed by atoms with Crippen LogP contribution in [0, 0.1) is 0 Å². The zero-order chi connectivity index (χ0) is 19.7. The Morgan fingerprint density at radius 1 is 0.593 bits per heavy atom. The smallest absolute Gasteiger partial charge is 0.324 e. The van der Waals surface area contributed by atoms with Crippen LogP contribution in [0.15, 0.2) is 72.2 Å². The third kappa shape index (κ3) is 7.77. The third-order valence-electron chi connectivity index (χ3n) is 3.57. The summed E-state index contributed by atoms with van der Waals surface area (Å²) in [6.45, 7) is 6.23. The van der Waals surface area contributed by atoms with Crippen molar-refractivity contribution >= 4 is 22.7 Å². The van der Waals surface area contributed by atoms with Gasteiger partial charge in [0.05, 0.1) is 13.8 Å². The molecule has 0 aliphatic carbocycles. The molecular formula is C22H26O4Ti+2. The summed E-state index contributed by atoms with van der Waals surface area (Å²) in [6.07, 6.45) is 0. The van der Waals surface area contributed by atoms with E-state index in [4.69, 9.17) is 0 Å². The Kier molecular flexibility index (Phi) is 11.0. The molecule has 0 amide bonds. The van der Waals surface area contributed by atoms with E-state index in [9.17, 15) is 19.8 Å². The topological polar surface area (TPSA) is 83.3 Å². The number of hydrogen-bond acceptors (Lipinski definition) is 2. The summed E-state index contributed by atoms with van der Waals surface area (Å²) in [5.74, 6) is 0.523. The predicted molar refractivity (Wildman–Crippen MR) is 109 cm³/mol. The van der Waals surface area contributed by atoms with E-state index < -0.39 is 0 Å². The average Bonchev–Trinajstić information content (AvgIpc) is 2.56. The monoisotopic (exact) mass is 402 g/mol. The van der Waals surface area contributed by atoms with Crippen LogP contribution in [0.2, 0.25) is 0 Å². The first-order valence-corrected chi connectivity index (χ1v) is 8.22. The summed E-state index contributed by atoms with van der Waals surface area (Å²) < 4.78 is 0. The quantitative estimate of drug-likeness (QED) is 0.324. The van der Waals surface area contributed by atoms with Gasteiger partial charge in [0.1, 0.15) is 22.7 Å². The zero-order valence-corrected chi connectivity index (χ0v) is 17.6. The number of carbonyl (C=O) groups excluding carboxylic acids is 2. The standard InChI is InChI=1S/2C11H12O2.Ti/c2*1-8(12)11(9(2)13)10-6-4-3-5-7-10;/h2*3-7,12H,1-2H3;/p+2/b2*11-8+;. The van der Waals surface area contributed by atoms with Gasteiger partial charge in [0.2, 0.25) is 0 Å². The Morgan fingerprint density at radius 3 is 1.04 bits per heavy atom. The first-order valence-electron chi connectivity index (χ1n) is 8.22. The molecule has 0 unspecified atom stereocenters. The van der Waals surface area contributed by atoms with Gasteiger partial charge in [-0.05, 0) is 25.0 Å². The van der Waals surface area contributed by atoms with E-state index >= 15 is 0 Å². The molecule has 0 heterocycles. The molecule has 0 spiro atoms. The van der Waals surface area contributed by atoms with Gasteiger partial charge in [0.25, 0.3) is 0 Å². The second-order valence-electron chi connectivity index (χ2n) is 5.82. The van der Waals surface area contributed by atoms with E-state index in [-0.39, 0.29) is 44.8 Å². The van der Waals surface area contributed by atoms with Gasteiger partial charge >= 0.3 is 11.6 Å². The van der Waals surface area contributed by atoms with E-state index in [0.29, 0.717) is 11.1 Å². The van der Waals surface area contributed by atoms with Crippen LogP contribution in [0.4, 0.5) is 0 Å². The molecule has 140 valence electrons. The fraction of sp³-hybridized carbons (Fsp3) is 0.182. The van der Waals surface area contributed by atoms with Crippen molar-refractivity contribution in [3.63, 3.8) is 0 Å². The Hall–Kier alpha value is -2.43. The summed E-state index contributed by atoms with van der Waals surface area (Å²) in [5, 5.41) is 18.7. The van der Waals surface area contributed by atoms with Gasteiger partial charge in [-0.25, -0.2) is 0 Å². The molecule has 0 aliphatic rings. The number of hydrogen-bond donors (Lipinski definition) is 2. The Morgan fingerprint density at radius 2 is 0.852 bits per heavy atom. The van der Waals surface area contributed by atoms with E-state index in [1.54, 1.807) is 27.7 Å². The Labute approximate surface area is 175 Å². The summed E-state index contributed by atoms with van der Waals surface area (Å²) in [6, 6.07) is 18.6. The maximum Gasteiger partial charge on any atom is 0.324 e. The van der Waals surface area contributed by atoms with Crippen molar-refractivity contribution in [3.8, 4) is 0 Å². The molecular weight excluding hydrogens is 376 g/mol. The van der Waals surface area contributed by atoms with Gasteiger partial charge in [-0.2, -0.15) is 0 Å². The van der Waals surface area contributed by atoms with Crippen molar-refractivity contribution in [2.24, 2.45) is 0 Å². The Balaban J connectivity index is 0.000000483. The molecule has 2 rings (SSSR count). The zero-order valence-electron chi connectivity index (χ0n) is 16.1. The SMILES string of the molecule is CC(=[OH+])/C(=C(/C)O)c1ccccc1.CC(=[OH+])/C(=C(/C)O)c1ccccc1.[Ti]. The van der Waals surface area contributed by atoms with Crippen LogP contribution in [-0.2, 0) is 21.7 Å². The van der Waals surface area contributed by atoms with Gasteiger partial charge < -0.3 is 10.2 Å². The molecule has 0 atom stereocenters. The van der Waals surface area contributed by atoms with E-state index in [1.165, 1.54) is 0 Å². The van der Waals surface area contributed by atoms with E-state index in [1.807, 2.05) is 60.7 Å². The molecule has 2 aromatic rings. The maximum atomic E-state index is 9.33. The van der Waals surface area contributed by atoms with Crippen molar-refractivity contribution in [1.29, 1.82) is 0 Å². The van der Waals surface area contributed by atoms with Crippen LogP contribution >= 0.6 is 0 Å². The molecule has 27 heavy (non-hydrogen) atoms. The van der Waals surface area contributed by atoms with Crippen molar-refractivity contribution in [2.45, 2.75) is 27.7 Å². The molecule has 4 nitrogen and oxygen atoms in total. The summed E-state index contributed by atoms with van der Waals surface area (Å²) in [7, 11) is 0. The van der Waals surface area contributed by atoms with E-state index in [0.717, 1.165) is 11.1 Å². The fourth-order valence-corrected chi connectivity index (χ4v) is 2.57. The molecule has 0 aromatic heterocycles. The first kappa shape index (κ1) is 24.6. The fourth-order valence-electron chi connectivity index (χ4n) is 2.57. The van der Waals surface area contributed by atoms with Crippen LogP contribution in [-0.4, -0.2) is 31.4 Å². The Bertz CT molecular complexity index is 742. The molecule has 0 fully saturated rings. The number of aliphatic hydroxyl groups excluding tert-OH is 2. The van der Waals surface area contributed by atoms with Gasteiger partial charge in [0, 0.05) is 21.7 Å². The van der Waals surface area contributed by atoms with Gasteiger partial charge in [-0.3, -0.25) is 9.59 Å². The third-order valence-corrected chi connectivity index (χ3v) is 3.57. The van der Waals surface area contributed by atoms with Gasteiger partial charge in [0.15, 0.2) is 0 Å². The second kappa shape index (κ2) is 12.1. The summed E-state index contributed by atoms with van der Waals surface area (Å²) >= 11 is 0. The first-order chi connectivity index (χ1) is 12.3. The second-order valence-corrected chi connectivity index (χ2v) is 5.82. The number of ketones is 2. The molecule has 0 bridgehead atoms. The number of aliphatic hydroxyl groups is 2. The maximum absolute atomic E-state index is 9.33. The van der Waals surface area contributed by atoms with E-state index in [2.05, 4.69) is 0 Å². The van der Waals surface area contributed by atoms with Crippen molar-refractivity contribution in [3.05, 3.63) is 83.3 Å². The number of allylic oxidation sites excluding steroid dienone is 4. The average molecular weight is 402 g/mol. The molecule has 4 N–H and O–H groups in total. The predicted octanol–water partition coefficient (Wildman–Crippen LogP) is 5.08. The summed E-state index contributed by atoms with van der Waals surface area (Å²) in [5.41, 5.74) is 2.64. The normalized spacial score (nSPS) is 11.7. The van der Waals surface area contributed by atoms with Gasteiger partial charge in [-0.15, -0.1) is 0 Å². The minimum atomic E-state index is 0. The minimum Gasteiger partial charge on any atom is -0.512 e. The van der Waals surface area contributed by atoms with Crippen LogP contribution in [0.25, 0.3) is 11.1 Å². The largest absolute Gasteiger partial charge is 0.512 e. The number of benzene rings is 2. The van der Waals surface area contributed by atoms with Crippen LogP contribution in [0.1, 0.15) is 38.8 Å². The van der Waals surface area contributed by atoms with Crippen LogP contribution in [0.5, 0.6) is 0 Å². The summed E-state index contributed by atoms with van der Waals surface area (Å²) in [4.78, 5) is 18.7. The molecule has 0 radical (unpaired) electrons.